The third-order valence-electron chi connectivity index (χ3n) is 2.55. The van der Waals surface area contributed by atoms with Gasteiger partial charge in [-0.25, -0.2) is 0 Å². The van der Waals surface area contributed by atoms with Crippen LogP contribution in [0.4, 0.5) is 0 Å². The number of benzene rings is 1. The number of hydrogen-bond acceptors (Lipinski definition) is 3. The third-order valence-corrected chi connectivity index (χ3v) is 2.55. The molecule has 0 atom stereocenters. The van der Waals surface area contributed by atoms with Crippen LogP contribution in [0.25, 0.3) is 0 Å². The molecular formula is C15H19NO3. The van der Waals surface area contributed by atoms with E-state index in [0.29, 0.717) is 30.9 Å². The van der Waals surface area contributed by atoms with Crippen LogP contribution in [0.5, 0.6) is 11.5 Å². The summed E-state index contributed by atoms with van der Waals surface area (Å²) in [7, 11) is 1.58. The molecule has 0 bridgehead atoms. The fourth-order valence-corrected chi connectivity index (χ4v) is 1.65. The SMILES string of the molecule is C#CCOc1ccc(CCC(=O)NCC)cc1OC. The maximum atomic E-state index is 11.4. The Labute approximate surface area is 114 Å². The monoisotopic (exact) mass is 261 g/mol. The second kappa shape index (κ2) is 8.04. The molecule has 0 aliphatic rings. The van der Waals surface area contributed by atoms with Crippen LogP contribution < -0.4 is 14.8 Å². The van der Waals surface area contributed by atoms with Crippen molar-refractivity contribution in [3.05, 3.63) is 23.8 Å². The van der Waals surface area contributed by atoms with Crippen LogP contribution in [-0.2, 0) is 11.2 Å². The zero-order chi connectivity index (χ0) is 14.1. The first-order chi connectivity index (χ1) is 9.21. The molecule has 1 N–H and O–H groups in total. The van der Waals surface area contributed by atoms with Gasteiger partial charge in [0.2, 0.25) is 5.91 Å². The smallest absolute Gasteiger partial charge is 0.220 e. The van der Waals surface area contributed by atoms with Crippen molar-refractivity contribution in [1.82, 2.24) is 5.32 Å². The molecule has 0 saturated heterocycles. The molecule has 0 spiro atoms. The van der Waals surface area contributed by atoms with Gasteiger partial charge in [-0.1, -0.05) is 12.0 Å². The van der Waals surface area contributed by atoms with Crippen LogP contribution in [0.2, 0.25) is 0 Å². The maximum Gasteiger partial charge on any atom is 0.220 e. The lowest BCUT2D eigenvalue weighted by molar-refractivity contribution is -0.120. The summed E-state index contributed by atoms with van der Waals surface area (Å²) in [5.41, 5.74) is 1.02. The standard InChI is InChI=1S/C15H19NO3/c1-4-10-19-13-8-6-12(11-14(13)18-3)7-9-15(17)16-5-2/h1,6,8,11H,5,7,9-10H2,2-3H3,(H,16,17). The number of aryl methyl sites for hydroxylation is 1. The number of methoxy groups -OCH3 is 1. The molecule has 4 heteroatoms. The van der Waals surface area contributed by atoms with Gasteiger partial charge in [-0.05, 0) is 31.0 Å². The minimum Gasteiger partial charge on any atom is -0.493 e. The summed E-state index contributed by atoms with van der Waals surface area (Å²) in [6, 6.07) is 5.59. The molecular weight excluding hydrogens is 242 g/mol. The highest BCUT2D eigenvalue weighted by Crippen LogP contribution is 2.28. The number of rotatable bonds is 7. The van der Waals surface area contributed by atoms with Crippen molar-refractivity contribution >= 4 is 5.91 Å². The highest BCUT2D eigenvalue weighted by molar-refractivity contribution is 5.76. The highest BCUT2D eigenvalue weighted by atomic mass is 16.5. The summed E-state index contributed by atoms with van der Waals surface area (Å²) in [6.45, 7) is 2.76. The van der Waals surface area contributed by atoms with Gasteiger partial charge < -0.3 is 14.8 Å². The zero-order valence-corrected chi connectivity index (χ0v) is 11.4. The van der Waals surface area contributed by atoms with Crippen molar-refractivity contribution < 1.29 is 14.3 Å². The minimum atomic E-state index is 0.0501. The Balaban J connectivity index is 2.66. The van der Waals surface area contributed by atoms with Gasteiger partial charge in [-0.2, -0.15) is 0 Å². The number of nitrogens with one attached hydrogen (secondary N) is 1. The van der Waals surface area contributed by atoms with Crippen molar-refractivity contribution in [2.24, 2.45) is 0 Å². The molecule has 1 rings (SSSR count). The van der Waals surface area contributed by atoms with Crippen molar-refractivity contribution in [3.63, 3.8) is 0 Å². The first kappa shape index (κ1) is 14.9. The van der Waals surface area contributed by atoms with E-state index in [2.05, 4.69) is 11.2 Å². The number of hydrogen-bond donors (Lipinski definition) is 1. The lowest BCUT2D eigenvalue weighted by Gasteiger charge is -2.10. The van der Waals surface area contributed by atoms with Gasteiger partial charge in [0, 0.05) is 13.0 Å². The summed E-state index contributed by atoms with van der Waals surface area (Å²) in [5, 5.41) is 2.77. The van der Waals surface area contributed by atoms with E-state index in [-0.39, 0.29) is 12.5 Å². The molecule has 102 valence electrons. The first-order valence-electron chi connectivity index (χ1n) is 6.21. The molecule has 0 aromatic heterocycles. The summed E-state index contributed by atoms with van der Waals surface area (Å²) >= 11 is 0. The van der Waals surface area contributed by atoms with Crippen LogP contribution >= 0.6 is 0 Å². The van der Waals surface area contributed by atoms with Gasteiger partial charge in [0.1, 0.15) is 6.61 Å². The van der Waals surface area contributed by atoms with E-state index in [4.69, 9.17) is 15.9 Å². The summed E-state index contributed by atoms with van der Waals surface area (Å²) in [4.78, 5) is 11.4. The van der Waals surface area contributed by atoms with Crippen LogP contribution in [0.3, 0.4) is 0 Å². The average Bonchev–Trinajstić information content (AvgIpc) is 2.43. The number of ether oxygens (including phenoxy) is 2. The molecule has 0 fully saturated rings. The molecule has 0 heterocycles. The van der Waals surface area contributed by atoms with Crippen molar-refractivity contribution in [2.75, 3.05) is 20.3 Å². The Kier molecular flexibility index (Phi) is 6.31. The van der Waals surface area contributed by atoms with E-state index in [9.17, 15) is 4.79 Å². The molecule has 0 saturated carbocycles. The first-order valence-corrected chi connectivity index (χ1v) is 6.21. The number of carbonyl (C=O) groups is 1. The molecule has 0 radical (unpaired) electrons. The van der Waals surface area contributed by atoms with Gasteiger partial charge in [0.25, 0.3) is 0 Å². The van der Waals surface area contributed by atoms with E-state index in [1.165, 1.54) is 0 Å². The maximum absolute atomic E-state index is 11.4. The van der Waals surface area contributed by atoms with E-state index >= 15 is 0 Å². The average molecular weight is 261 g/mol. The van der Waals surface area contributed by atoms with E-state index in [0.717, 1.165) is 5.56 Å². The van der Waals surface area contributed by atoms with Crippen LogP contribution in [-0.4, -0.2) is 26.2 Å². The molecule has 0 aliphatic heterocycles. The topological polar surface area (TPSA) is 47.6 Å². The van der Waals surface area contributed by atoms with Gasteiger partial charge >= 0.3 is 0 Å². The predicted octanol–water partition coefficient (Wildman–Crippen LogP) is 1.78. The van der Waals surface area contributed by atoms with Crippen molar-refractivity contribution in [1.29, 1.82) is 0 Å². The number of amides is 1. The Morgan fingerprint density at radius 3 is 2.84 bits per heavy atom. The quantitative estimate of drug-likeness (QED) is 0.761. The van der Waals surface area contributed by atoms with Crippen LogP contribution in [0.15, 0.2) is 18.2 Å². The Hall–Kier alpha value is -2.15. The number of carbonyl (C=O) groups excluding carboxylic acids is 1. The van der Waals surface area contributed by atoms with E-state index in [1.807, 2.05) is 25.1 Å². The molecule has 19 heavy (non-hydrogen) atoms. The fraction of sp³-hybridized carbons (Fsp3) is 0.400. The van der Waals surface area contributed by atoms with Crippen molar-refractivity contribution in [3.8, 4) is 23.8 Å². The van der Waals surface area contributed by atoms with Crippen molar-refractivity contribution in [2.45, 2.75) is 19.8 Å². The van der Waals surface area contributed by atoms with Crippen LogP contribution in [0, 0.1) is 12.3 Å². The van der Waals surface area contributed by atoms with Gasteiger partial charge in [0.05, 0.1) is 7.11 Å². The fourth-order valence-electron chi connectivity index (χ4n) is 1.65. The molecule has 1 aromatic rings. The molecule has 1 amide bonds. The second-order valence-electron chi connectivity index (χ2n) is 3.93. The van der Waals surface area contributed by atoms with Crippen LogP contribution in [0.1, 0.15) is 18.9 Å². The lowest BCUT2D eigenvalue weighted by Crippen LogP contribution is -2.22. The van der Waals surface area contributed by atoms with E-state index in [1.54, 1.807) is 7.11 Å². The summed E-state index contributed by atoms with van der Waals surface area (Å²) < 4.78 is 10.6. The highest BCUT2D eigenvalue weighted by Gasteiger charge is 2.07. The molecule has 0 unspecified atom stereocenters. The Morgan fingerprint density at radius 2 is 2.21 bits per heavy atom. The van der Waals surface area contributed by atoms with Gasteiger partial charge in [0.15, 0.2) is 11.5 Å². The zero-order valence-electron chi connectivity index (χ0n) is 11.4. The lowest BCUT2D eigenvalue weighted by atomic mass is 10.1. The predicted molar refractivity (Wildman–Crippen MR) is 74.3 cm³/mol. The Bertz CT molecular complexity index is 463. The molecule has 4 nitrogen and oxygen atoms in total. The molecule has 0 aliphatic carbocycles. The summed E-state index contributed by atoms with van der Waals surface area (Å²) in [5.74, 6) is 3.70. The summed E-state index contributed by atoms with van der Waals surface area (Å²) in [6.07, 6.45) is 6.27. The number of terminal acetylenes is 1. The Morgan fingerprint density at radius 1 is 1.42 bits per heavy atom. The second-order valence-corrected chi connectivity index (χ2v) is 3.93. The van der Waals surface area contributed by atoms with E-state index < -0.39 is 0 Å². The largest absolute Gasteiger partial charge is 0.493 e. The van der Waals surface area contributed by atoms with Gasteiger partial charge in [-0.3, -0.25) is 4.79 Å². The van der Waals surface area contributed by atoms with Gasteiger partial charge in [-0.15, -0.1) is 6.42 Å². The normalized spacial score (nSPS) is 9.53. The minimum absolute atomic E-state index is 0.0501. The molecule has 1 aromatic carbocycles. The third kappa shape index (κ3) is 4.92.